The van der Waals surface area contributed by atoms with Gasteiger partial charge in [-0.1, -0.05) is 29.0 Å². The van der Waals surface area contributed by atoms with Crippen LogP contribution in [0.3, 0.4) is 0 Å². The number of hydrogen-bond donors (Lipinski definition) is 1. The third-order valence-corrected chi connectivity index (χ3v) is 5.94. The van der Waals surface area contributed by atoms with Crippen LogP contribution in [0.25, 0.3) is 10.2 Å². The van der Waals surface area contributed by atoms with E-state index in [1.165, 1.54) is 11.3 Å². The standard InChI is InChI=1S/C21H19ClN4O2S/c1-12-4-5-16-18(8-12)29-21(23-16)24-20(27)17-6-7-26(25-17)11-28-15-9-13(2)19(22)14(3)10-15/h4-10H,11H2,1-3H3,(H,23,24,27). The number of aromatic nitrogens is 3. The van der Waals surface area contributed by atoms with Crippen molar-refractivity contribution in [1.82, 2.24) is 14.8 Å². The number of nitrogens with one attached hydrogen (secondary N) is 1. The molecule has 0 unspecified atom stereocenters. The first-order chi connectivity index (χ1) is 13.9. The lowest BCUT2D eigenvalue weighted by Gasteiger charge is -2.10. The first-order valence-corrected chi connectivity index (χ1v) is 10.2. The Labute approximate surface area is 177 Å². The van der Waals surface area contributed by atoms with Crippen molar-refractivity contribution >= 4 is 44.2 Å². The molecule has 2 aromatic carbocycles. The fourth-order valence-corrected chi connectivity index (χ4v) is 4.00. The van der Waals surface area contributed by atoms with Gasteiger partial charge in [0.25, 0.3) is 5.91 Å². The molecule has 4 rings (SSSR count). The van der Waals surface area contributed by atoms with Gasteiger partial charge < -0.3 is 4.74 Å². The minimum absolute atomic E-state index is 0.189. The average molecular weight is 427 g/mol. The SMILES string of the molecule is Cc1ccc2nc(NC(=O)c3ccn(COc4cc(C)c(Cl)c(C)c4)n3)sc2c1. The van der Waals surface area contributed by atoms with Gasteiger partial charge in [-0.05, 0) is 67.8 Å². The van der Waals surface area contributed by atoms with Crippen LogP contribution >= 0.6 is 22.9 Å². The molecular weight excluding hydrogens is 408 g/mol. The van der Waals surface area contributed by atoms with Gasteiger partial charge in [0.2, 0.25) is 0 Å². The number of halogens is 1. The van der Waals surface area contributed by atoms with Gasteiger partial charge in [-0.3, -0.25) is 10.1 Å². The van der Waals surface area contributed by atoms with E-state index in [-0.39, 0.29) is 12.6 Å². The number of rotatable bonds is 5. The van der Waals surface area contributed by atoms with Gasteiger partial charge >= 0.3 is 0 Å². The molecule has 0 saturated heterocycles. The van der Waals surface area contributed by atoms with E-state index in [1.807, 2.05) is 45.0 Å². The molecular formula is C21H19ClN4O2S. The second-order valence-electron chi connectivity index (χ2n) is 6.83. The Hall–Kier alpha value is -2.90. The Kier molecular flexibility index (Phi) is 5.25. The average Bonchev–Trinajstić information content (AvgIpc) is 3.30. The summed E-state index contributed by atoms with van der Waals surface area (Å²) in [7, 11) is 0. The molecule has 0 radical (unpaired) electrons. The summed E-state index contributed by atoms with van der Waals surface area (Å²) in [5.41, 5.74) is 4.22. The summed E-state index contributed by atoms with van der Waals surface area (Å²) in [4.78, 5) is 16.9. The first kappa shape index (κ1) is 19.4. The van der Waals surface area contributed by atoms with E-state index in [2.05, 4.69) is 21.5 Å². The van der Waals surface area contributed by atoms with E-state index in [9.17, 15) is 4.79 Å². The predicted octanol–water partition coefficient (Wildman–Crippen LogP) is 5.36. The molecule has 8 heteroatoms. The Morgan fingerprint density at radius 2 is 1.93 bits per heavy atom. The van der Waals surface area contributed by atoms with Crippen molar-refractivity contribution in [2.75, 3.05) is 5.32 Å². The molecule has 0 aliphatic heterocycles. The monoisotopic (exact) mass is 426 g/mol. The summed E-state index contributed by atoms with van der Waals surface area (Å²) in [5.74, 6) is 0.397. The lowest BCUT2D eigenvalue weighted by atomic mass is 10.1. The molecule has 2 heterocycles. The van der Waals surface area contributed by atoms with Gasteiger partial charge in [0.05, 0.1) is 10.2 Å². The molecule has 29 heavy (non-hydrogen) atoms. The third-order valence-electron chi connectivity index (χ3n) is 4.41. The smallest absolute Gasteiger partial charge is 0.277 e. The molecule has 0 fully saturated rings. The van der Waals surface area contributed by atoms with E-state index in [1.54, 1.807) is 16.9 Å². The Morgan fingerprint density at radius 1 is 1.17 bits per heavy atom. The minimum Gasteiger partial charge on any atom is -0.471 e. The molecule has 2 aromatic heterocycles. The third kappa shape index (κ3) is 4.26. The highest BCUT2D eigenvalue weighted by molar-refractivity contribution is 7.22. The van der Waals surface area contributed by atoms with Gasteiger partial charge in [0.1, 0.15) is 5.75 Å². The molecule has 0 saturated carbocycles. The van der Waals surface area contributed by atoms with Gasteiger partial charge in [-0.25, -0.2) is 9.67 Å². The second-order valence-corrected chi connectivity index (χ2v) is 8.24. The molecule has 1 amide bonds. The number of carbonyl (C=O) groups excluding carboxylic acids is 1. The van der Waals surface area contributed by atoms with Crippen LogP contribution in [-0.2, 0) is 6.73 Å². The molecule has 0 atom stereocenters. The van der Waals surface area contributed by atoms with Crippen LogP contribution in [0.4, 0.5) is 5.13 Å². The van der Waals surface area contributed by atoms with E-state index in [4.69, 9.17) is 16.3 Å². The number of aryl methyl sites for hydroxylation is 3. The highest BCUT2D eigenvalue weighted by atomic mass is 35.5. The van der Waals surface area contributed by atoms with Crippen molar-refractivity contribution in [2.24, 2.45) is 0 Å². The number of benzene rings is 2. The van der Waals surface area contributed by atoms with Crippen LogP contribution < -0.4 is 10.1 Å². The number of hydrogen-bond acceptors (Lipinski definition) is 5. The largest absolute Gasteiger partial charge is 0.471 e. The molecule has 4 aromatic rings. The van der Waals surface area contributed by atoms with Crippen molar-refractivity contribution < 1.29 is 9.53 Å². The highest BCUT2D eigenvalue weighted by Crippen LogP contribution is 2.27. The Balaban J connectivity index is 1.42. The van der Waals surface area contributed by atoms with E-state index >= 15 is 0 Å². The zero-order valence-electron chi connectivity index (χ0n) is 16.2. The fraction of sp³-hybridized carbons (Fsp3) is 0.190. The summed E-state index contributed by atoms with van der Waals surface area (Å²) < 4.78 is 8.37. The topological polar surface area (TPSA) is 69.0 Å². The number of amides is 1. The summed E-state index contributed by atoms with van der Waals surface area (Å²) in [6.07, 6.45) is 1.70. The van der Waals surface area contributed by atoms with E-state index < -0.39 is 0 Å². The van der Waals surface area contributed by atoms with Crippen LogP contribution in [0, 0.1) is 20.8 Å². The molecule has 0 bridgehead atoms. The lowest BCUT2D eigenvalue weighted by Crippen LogP contribution is -2.14. The first-order valence-electron chi connectivity index (χ1n) is 9.00. The predicted molar refractivity (Wildman–Crippen MR) is 116 cm³/mol. The van der Waals surface area contributed by atoms with E-state index in [0.29, 0.717) is 16.6 Å². The number of ether oxygens (including phenoxy) is 1. The summed E-state index contributed by atoms with van der Waals surface area (Å²) in [5, 5.41) is 8.38. The van der Waals surface area contributed by atoms with Crippen LogP contribution in [0.1, 0.15) is 27.2 Å². The number of fused-ring (bicyclic) bond motifs is 1. The van der Waals surface area contributed by atoms with E-state index in [0.717, 1.165) is 31.9 Å². The van der Waals surface area contributed by atoms with Crippen molar-refractivity contribution in [3.05, 3.63) is 70.0 Å². The Morgan fingerprint density at radius 3 is 2.69 bits per heavy atom. The van der Waals surface area contributed by atoms with Crippen LogP contribution in [0.15, 0.2) is 42.6 Å². The summed E-state index contributed by atoms with van der Waals surface area (Å²) >= 11 is 7.62. The molecule has 148 valence electrons. The van der Waals surface area contributed by atoms with Gasteiger partial charge in [-0.2, -0.15) is 5.10 Å². The quantitative estimate of drug-likeness (QED) is 0.466. The zero-order valence-corrected chi connectivity index (χ0v) is 17.8. The van der Waals surface area contributed by atoms with Crippen LogP contribution in [0.2, 0.25) is 5.02 Å². The molecule has 6 nitrogen and oxygen atoms in total. The lowest BCUT2D eigenvalue weighted by molar-refractivity contribution is 0.102. The number of nitrogens with zero attached hydrogens (tertiary/aromatic N) is 3. The Bertz CT molecular complexity index is 1190. The number of thiazole rings is 1. The normalized spacial score (nSPS) is 11.0. The van der Waals surface area contributed by atoms with Crippen molar-refractivity contribution in [3.8, 4) is 5.75 Å². The summed E-state index contributed by atoms with van der Waals surface area (Å²) in [6, 6.07) is 11.4. The number of carbonyl (C=O) groups is 1. The van der Waals surface area contributed by atoms with Crippen molar-refractivity contribution in [3.63, 3.8) is 0 Å². The molecule has 1 N–H and O–H groups in total. The minimum atomic E-state index is -0.308. The van der Waals surface area contributed by atoms with Crippen molar-refractivity contribution in [1.29, 1.82) is 0 Å². The maximum absolute atomic E-state index is 12.5. The highest BCUT2D eigenvalue weighted by Gasteiger charge is 2.13. The maximum Gasteiger partial charge on any atom is 0.277 e. The second kappa shape index (κ2) is 7.85. The van der Waals surface area contributed by atoms with Gasteiger partial charge in [0, 0.05) is 11.2 Å². The van der Waals surface area contributed by atoms with Gasteiger partial charge in [0.15, 0.2) is 17.6 Å². The molecule has 0 aliphatic rings. The molecule has 0 aliphatic carbocycles. The van der Waals surface area contributed by atoms with Crippen LogP contribution in [0.5, 0.6) is 5.75 Å². The maximum atomic E-state index is 12.5. The zero-order chi connectivity index (χ0) is 20.5. The van der Waals surface area contributed by atoms with Gasteiger partial charge in [-0.15, -0.1) is 0 Å². The number of anilines is 1. The summed E-state index contributed by atoms with van der Waals surface area (Å²) in [6.45, 7) is 6.08. The fourth-order valence-electron chi connectivity index (χ4n) is 2.93. The molecule has 0 spiro atoms. The van der Waals surface area contributed by atoms with Crippen LogP contribution in [-0.4, -0.2) is 20.7 Å². The van der Waals surface area contributed by atoms with Crippen molar-refractivity contribution in [2.45, 2.75) is 27.5 Å².